The molecule has 5 aliphatic rings. The summed E-state index contributed by atoms with van der Waals surface area (Å²) in [6, 6.07) is 10.7. The number of aromatic nitrogens is 2. The van der Waals surface area contributed by atoms with Gasteiger partial charge in [-0.15, -0.1) is 0 Å². The van der Waals surface area contributed by atoms with Crippen LogP contribution in [0.3, 0.4) is 0 Å². The minimum atomic E-state index is 0.211. The summed E-state index contributed by atoms with van der Waals surface area (Å²) in [4.78, 5) is 14.0. The second-order valence-corrected chi connectivity index (χ2v) is 10.5. The summed E-state index contributed by atoms with van der Waals surface area (Å²) in [5.74, 6) is 4.47. The van der Waals surface area contributed by atoms with Crippen molar-refractivity contribution in [2.75, 3.05) is 42.1 Å². The van der Waals surface area contributed by atoms with Crippen LogP contribution in [-0.2, 0) is 6.54 Å². The minimum Gasteiger partial charge on any atom is -0.393 e. The number of nitrogens with zero attached hydrogens (tertiary/aromatic N) is 4. The van der Waals surface area contributed by atoms with Crippen molar-refractivity contribution in [2.24, 2.45) is 17.8 Å². The Bertz CT molecular complexity index is 886. The van der Waals surface area contributed by atoms with Crippen LogP contribution in [0.15, 0.2) is 36.7 Å². The van der Waals surface area contributed by atoms with Crippen LogP contribution in [0.1, 0.15) is 44.1 Å². The topological polar surface area (TPSA) is 70.3 Å². The average molecular weight is 419 g/mol. The van der Waals surface area contributed by atoms with Gasteiger partial charge in [-0.1, -0.05) is 30.3 Å². The predicted molar refractivity (Wildman–Crippen MR) is 125 cm³/mol. The number of anilines is 3. The molecule has 6 nitrogen and oxygen atoms in total. The standard InChI is InChI=1S/C25H34N6/c26-22-23(29-25-13-19-10-20(14-25)12-21(11-19)15-25)27-17-28-24(22)31-8-6-30(7-9-31)16-18-4-2-1-3-5-18/h1-5,17,19-21H,6-16,26H2,(H,27,28,29). The van der Waals surface area contributed by atoms with Crippen LogP contribution in [-0.4, -0.2) is 46.6 Å². The third kappa shape index (κ3) is 3.75. The van der Waals surface area contributed by atoms with E-state index in [0.29, 0.717) is 0 Å². The van der Waals surface area contributed by atoms with Crippen molar-refractivity contribution in [1.82, 2.24) is 14.9 Å². The van der Waals surface area contributed by atoms with Gasteiger partial charge in [0.2, 0.25) is 0 Å². The monoisotopic (exact) mass is 418 g/mol. The quantitative estimate of drug-likeness (QED) is 0.770. The number of nitrogens with one attached hydrogen (secondary N) is 1. The number of hydrogen-bond acceptors (Lipinski definition) is 6. The predicted octanol–water partition coefficient (Wildman–Crippen LogP) is 3.76. The van der Waals surface area contributed by atoms with Gasteiger partial charge in [-0.2, -0.15) is 0 Å². The van der Waals surface area contributed by atoms with Gasteiger partial charge in [0.1, 0.15) is 12.0 Å². The number of hydrogen-bond donors (Lipinski definition) is 2. The van der Waals surface area contributed by atoms with E-state index < -0.39 is 0 Å². The summed E-state index contributed by atoms with van der Waals surface area (Å²) in [5, 5.41) is 3.86. The molecule has 0 atom stereocenters. The number of nitrogen functional groups attached to an aromatic ring is 1. The normalized spacial score (nSPS) is 32.4. The molecule has 1 aromatic heterocycles. The Morgan fingerprint density at radius 3 is 2.19 bits per heavy atom. The summed E-state index contributed by atoms with van der Waals surface area (Å²) in [6.45, 7) is 4.95. The fourth-order valence-electron chi connectivity index (χ4n) is 7.21. The van der Waals surface area contributed by atoms with Gasteiger partial charge in [0.05, 0.1) is 0 Å². The first-order valence-corrected chi connectivity index (χ1v) is 12.1. The van der Waals surface area contributed by atoms with Crippen molar-refractivity contribution in [3.8, 4) is 0 Å². The van der Waals surface area contributed by atoms with Gasteiger partial charge >= 0.3 is 0 Å². The van der Waals surface area contributed by atoms with Gasteiger partial charge < -0.3 is 16.0 Å². The Labute approximate surface area is 185 Å². The van der Waals surface area contributed by atoms with E-state index in [1.165, 1.54) is 44.1 Å². The summed E-state index contributed by atoms with van der Waals surface area (Å²) in [5.41, 5.74) is 8.98. The zero-order chi connectivity index (χ0) is 20.8. The molecule has 0 unspecified atom stereocenters. The Morgan fingerprint density at radius 1 is 0.903 bits per heavy atom. The highest BCUT2D eigenvalue weighted by Gasteiger charge is 2.51. The van der Waals surface area contributed by atoms with E-state index in [4.69, 9.17) is 5.73 Å². The average Bonchev–Trinajstić information content (AvgIpc) is 2.76. The molecule has 0 spiro atoms. The molecule has 0 amide bonds. The fraction of sp³-hybridized carbons (Fsp3) is 0.600. The highest BCUT2D eigenvalue weighted by atomic mass is 15.3. The van der Waals surface area contributed by atoms with Crippen LogP contribution in [0.4, 0.5) is 17.3 Å². The maximum atomic E-state index is 6.66. The molecule has 2 aromatic rings. The van der Waals surface area contributed by atoms with Gasteiger partial charge in [-0.05, 0) is 61.8 Å². The third-order valence-corrected chi connectivity index (χ3v) is 8.21. The van der Waals surface area contributed by atoms with Crippen LogP contribution < -0.4 is 16.0 Å². The van der Waals surface area contributed by atoms with Crippen molar-refractivity contribution in [2.45, 2.75) is 50.6 Å². The maximum Gasteiger partial charge on any atom is 0.157 e. The SMILES string of the molecule is Nc1c(NC23CC4CC(CC(C4)C2)C3)ncnc1N1CCN(Cc2ccccc2)CC1. The Kier molecular flexibility index (Phi) is 4.78. The molecule has 31 heavy (non-hydrogen) atoms. The Morgan fingerprint density at radius 2 is 1.55 bits per heavy atom. The Balaban J connectivity index is 1.14. The molecule has 1 saturated heterocycles. The van der Waals surface area contributed by atoms with E-state index in [-0.39, 0.29) is 5.54 Å². The first kappa shape index (κ1) is 19.4. The van der Waals surface area contributed by atoms with Crippen molar-refractivity contribution in [3.63, 3.8) is 0 Å². The smallest absolute Gasteiger partial charge is 0.157 e. The lowest BCUT2D eigenvalue weighted by Gasteiger charge is -2.57. The molecule has 3 N–H and O–H groups in total. The first-order valence-electron chi connectivity index (χ1n) is 12.1. The van der Waals surface area contributed by atoms with E-state index in [9.17, 15) is 0 Å². The molecule has 4 bridgehead atoms. The fourth-order valence-corrected chi connectivity index (χ4v) is 7.21. The minimum absolute atomic E-state index is 0.211. The molecule has 1 aromatic carbocycles. The van der Waals surface area contributed by atoms with Crippen LogP contribution >= 0.6 is 0 Å². The second kappa shape index (κ2) is 7.66. The molecule has 2 heterocycles. The number of benzene rings is 1. The summed E-state index contributed by atoms with van der Waals surface area (Å²) >= 11 is 0. The molecular weight excluding hydrogens is 384 g/mol. The van der Waals surface area contributed by atoms with E-state index in [0.717, 1.165) is 67.8 Å². The summed E-state index contributed by atoms with van der Waals surface area (Å²) in [7, 11) is 0. The molecule has 164 valence electrons. The lowest BCUT2D eigenvalue weighted by Crippen LogP contribution is -2.55. The van der Waals surface area contributed by atoms with Crippen molar-refractivity contribution in [1.29, 1.82) is 0 Å². The van der Waals surface area contributed by atoms with Gasteiger partial charge in [0.25, 0.3) is 0 Å². The highest BCUT2D eigenvalue weighted by Crippen LogP contribution is 2.56. The van der Waals surface area contributed by atoms with E-state index in [2.05, 4.69) is 55.4 Å². The van der Waals surface area contributed by atoms with Crippen LogP contribution in [0, 0.1) is 17.8 Å². The highest BCUT2D eigenvalue weighted by molar-refractivity contribution is 5.75. The molecule has 5 fully saturated rings. The van der Waals surface area contributed by atoms with Crippen molar-refractivity contribution < 1.29 is 0 Å². The third-order valence-electron chi connectivity index (χ3n) is 8.21. The van der Waals surface area contributed by atoms with E-state index >= 15 is 0 Å². The van der Waals surface area contributed by atoms with Crippen molar-refractivity contribution >= 4 is 17.3 Å². The van der Waals surface area contributed by atoms with Crippen LogP contribution in [0.5, 0.6) is 0 Å². The van der Waals surface area contributed by atoms with Crippen LogP contribution in [0.2, 0.25) is 0 Å². The van der Waals surface area contributed by atoms with E-state index in [1.807, 2.05) is 0 Å². The van der Waals surface area contributed by atoms with Crippen molar-refractivity contribution in [3.05, 3.63) is 42.2 Å². The zero-order valence-electron chi connectivity index (χ0n) is 18.3. The summed E-state index contributed by atoms with van der Waals surface area (Å²) < 4.78 is 0. The number of rotatable bonds is 5. The largest absolute Gasteiger partial charge is 0.393 e. The van der Waals surface area contributed by atoms with Gasteiger partial charge in [-0.3, -0.25) is 4.90 Å². The lowest BCUT2D eigenvalue weighted by molar-refractivity contribution is 0.0106. The van der Waals surface area contributed by atoms with Gasteiger partial charge in [-0.25, -0.2) is 9.97 Å². The molecule has 1 aliphatic heterocycles. The van der Waals surface area contributed by atoms with E-state index in [1.54, 1.807) is 6.33 Å². The maximum absolute atomic E-state index is 6.66. The first-order chi connectivity index (χ1) is 15.2. The molecule has 6 heteroatoms. The summed E-state index contributed by atoms with van der Waals surface area (Å²) in [6.07, 6.45) is 9.89. The number of nitrogens with two attached hydrogens (primary N) is 1. The lowest BCUT2D eigenvalue weighted by atomic mass is 9.53. The second-order valence-electron chi connectivity index (χ2n) is 10.5. The zero-order valence-corrected chi connectivity index (χ0v) is 18.3. The van der Waals surface area contributed by atoms with Gasteiger partial charge in [0, 0.05) is 38.3 Å². The Hall–Kier alpha value is -2.34. The van der Waals surface area contributed by atoms with Crippen LogP contribution in [0.25, 0.3) is 0 Å². The molecule has 7 rings (SSSR count). The molecular formula is C25H34N6. The number of piperazine rings is 1. The van der Waals surface area contributed by atoms with Gasteiger partial charge in [0.15, 0.2) is 11.6 Å². The molecule has 4 aliphatic carbocycles. The molecule has 0 radical (unpaired) electrons. The molecule has 4 saturated carbocycles.